The predicted molar refractivity (Wildman–Crippen MR) is 142 cm³/mol. The smallest absolute Gasteiger partial charge is 0.334 e. The molecule has 0 amide bonds. The Labute approximate surface area is 202 Å². The lowest BCUT2D eigenvalue weighted by atomic mass is 9.84. The lowest BCUT2D eigenvalue weighted by molar-refractivity contribution is 0.307. The average molecular weight is 449 g/mol. The number of nitrogens with one attached hydrogen (secondary N) is 1. The second-order valence-corrected chi connectivity index (χ2v) is 13.6. The van der Waals surface area contributed by atoms with Crippen molar-refractivity contribution in [2.75, 3.05) is 0 Å². The minimum atomic E-state index is -1.43. The van der Waals surface area contributed by atoms with Gasteiger partial charge >= 0.3 is 14.4 Å². The Morgan fingerprint density at radius 3 is 2.31 bits per heavy atom. The van der Waals surface area contributed by atoms with Crippen molar-refractivity contribution in [3.63, 3.8) is 0 Å². The molecular weight excluding hydrogens is 403 g/mol. The minimum absolute atomic E-state index is 0.530. The first-order chi connectivity index (χ1) is 15.5. The molecule has 2 aromatic carbocycles. The summed E-state index contributed by atoms with van der Waals surface area (Å²) in [6.07, 6.45) is 14.6. The molecule has 0 spiro atoms. The zero-order chi connectivity index (χ0) is 23.0. The molecule has 1 atom stereocenters. The van der Waals surface area contributed by atoms with Crippen LogP contribution in [0.3, 0.4) is 0 Å². The Kier molecular flexibility index (Phi) is 9.87. The van der Waals surface area contributed by atoms with Gasteiger partial charge in [-0.05, 0) is 40.5 Å². The van der Waals surface area contributed by atoms with Gasteiger partial charge in [0.1, 0.15) is 0 Å². The van der Waals surface area contributed by atoms with E-state index in [1.807, 2.05) is 0 Å². The fourth-order valence-corrected chi connectivity index (χ4v) is 8.41. The molecule has 0 aliphatic heterocycles. The molecule has 3 N–H and O–H groups in total. The first-order valence-corrected chi connectivity index (χ1v) is 15.0. The van der Waals surface area contributed by atoms with Crippen LogP contribution in [-0.2, 0) is 6.42 Å². The Morgan fingerprint density at radius 2 is 1.59 bits per heavy atom. The summed E-state index contributed by atoms with van der Waals surface area (Å²) in [4.78, 5) is 0. The molecule has 0 aromatic heterocycles. The van der Waals surface area contributed by atoms with Crippen molar-refractivity contribution in [1.82, 2.24) is 4.41 Å². The van der Waals surface area contributed by atoms with E-state index >= 15 is 0 Å². The van der Waals surface area contributed by atoms with Gasteiger partial charge in [-0.2, -0.15) is 0 Å². The Hall–Kier alpha value is -1.11. The summed E-state index contributed by atoms with van der Waals surface area (Å²) < 4.78 is 5.62. The third-order valence-corrected chi connectivity index (χ3v) is 11.4. The number of unbranched alkanes of at least 4 members (excludes halogenated alkanes) is 5. The molecule has 2 nitrogen and oxygen atoms in total. The summed E-state index contributed by atoms with van der Waals surface area (Å²) in [5.74, 6) is 6.22. The van der Waals surface area contributed by atoms with Gasteiger partial charge in [-0.1, -0.05) is 137 Å². The van der Waals surface area contributed by atoms with Crippen molar-refractivity contribution in [3.05, 3.63) is 53.6 Å². The van der Waals surface area contributed by atoms with E-state index in [4.69, 9.17) is 5.84 Å². The van der Waals surface area contributed by atoms with Crippen molar-refractivity contribution in [1.29, 1.82) is 0 Å². The van der Waals surface area contributed by atoms with Crippen LogP contribution in [0.25, 0.3) is 11.1 Å². The Balaban J connectivity index is 1.51. The molecule has 174 valence electrons. The SMILES string of the molecule is CC[CH](CCCCCCCCC(C)(C)CC)[Al]([NH]N)[c]1cccc2c1Cc1ccccc1-2. The van der Waals surface area contributed by atoms with Crippen LogP contribution in [-0.4, -0.2) is 14.4 Å². The molecule has 0 fully saturated rings. The summed E-state index contributed by atoms with van der Waals surface area (Å²) in [5.41, 5.74) is 6.39. The molecule has 0 heterocycles. The van der Waals surface area contributed by atoms with E-state index in [0.29, 0.717) is 5.41 Å². The second kappa shape index (κ2) is 12.4. The normalized spacial score (nSPS) is 13.7. The Morgan fingerprint density at radius 1 is 0.906 bits per heavy atom. The molecular formula is C29H45AlN2. The van der Waals surface area contributed by atoms with Gasteiger partial charge in [-0.15, -0.1) is 0 Å². The predicted octanol–water partition coefficient (Wildman–Crippen LogP) is 7.26. The number of nitrogens with two attached hydrogens (primary N) is 1. The quantitative estimate of drug-likeness (QED) is 0.118. The Bertz CT molecular complexity index is 845. The fourth-order valence-electron chi connectivity index (χ4n) is 5.45. The van der Waals surface area contributed by atoms with E-state index in [2.05, 4.69) is 74.6 Å². The van der Waals surface area contributed by atoms with Gasteiger partial charge < -0.3 is 4.41 Å². The molecule has 0 radical (unpaired) electrons. The molecule has 3 heteroatoms. The molecule has 32 heavy (non-hydrogen) atoms. The molecule has 1 aliphatic rings. The maximum absolute atomic E-state index is 6.22. The molecule has 0 bridgehead atoms. The maximum Gasteiger partial charge on any atom is 0.428 e. The highest BCUT2D eigenvalue weighted by atomic mass is 27.2. The van der Waals surface area contributed by atoms with Crippen molar-refractivity contribution in [3.8, 4) is 11.1 Å². The van der Waals surface area contributed by atoms with Gasteiger partial charge in [0.25, 0.3) is 0 Å². The van der Waals surface area contributed by atoms with Crippen LogP contribution >= 0.6 is 0 Å². The summed E-state index contributed by atoms with van der Waals surface area (Å²) in [5, 5.41) is 0. The topological polar surface area (TPSA) is 38.0 Å². The summed E-state index contributed by atoms with van der Waals surface area (Å²) in [6, 6.07) is 15.8. The molecule has 2 aromatic rings. The van der Waals surface area contributed by atoms with Crippen molar-refractivity contribution in [2.45, 2.75) is 103 Å². The lowest BCUT2D eigenvalue weighted by Crippen LogP contribution is -2.53. The van der Waals surface area contributed by atoms with Crippen LogP contribution in [0.15, 0.2) is 42.5 Å². The van der Waals surface area contributed by atoms with Crippen molar-refractivity contribution >= 4 is 18.8 Å². The number of hydrogen-bond acceptors (Lipinski definition) is 2. The van der Waals surface area contributed by atoms with Gasteiger partial charge in [-0.3, -0.25) is 5.84 Å². The third-order valence-electron chi connectivity index (χ3n) is 8.03. The van der Waals surface area contributed by atoms with Crippen LogP contribution in [0.5, 0.6) is 0 Å². The highest BCUT2D eigenvalue weighted by Gasteiger charge is 2.33. The highest BCUT2D eigenvalue weighted by molar-refractivity contribution is 6.72. The van der Waals surface area contributed by atoms with Gasteiger partial charge in [-0.25, -0.2) is 0 Å². The standard InChI is InChI=1S/C16H33.C13H9.Al.H3N2/c1-5-7-8-9-10-11-12-13-14-15-16(3,4)6-2;1-3-7-12-10(5-1)9-11-6-2-4-8-13(11)12;;1-2/h7H,5-6,8-15H2,1-4H3;1-5,7-8H,9H2;;1H,2H2/q;;+1;-1. The van der Waals surface area contributed by atoms with E-state index in [1.54, 1.807) is 4.43 Å². The number of benzene rings is 2. The highest BCUT2D eigenvalue weighted by Crippen LogP contribution is 2.36. The van der Waals surface area contributed by atoms with Crippen molar-refractivity contribution < 1.29 is 0 Å². The van der Waals surface area contributed by atoms with Crippen molar-refractivity contribution in [2.24, 2.45) is 11.3 Å². The molecule has 1 unspecified atom stereocenters. The first-order valence-electron chi connectivity index (χ1n) is 13.2. The third kappa shape index (κ3) is 6.48. The number of hydrogen-bond donors (Lipinski definition) is 2. The number of hydrazine groups is 1. The van der Waals surface area contributed by atoms with Crippen LogP contribution < -0.4 is 14.7 Å². The van der Waals surface area contributed by atoms with E-state index in [-0.39, 0.29) is 0 Å². The van der Waals surface area contributed by atoms with Gasteiger partial charge in [0, 0.05) is 0 Å². The summed E-state index contributed by atoms with van der Waals surface area (Å²) in [7, 11) is 0. The molecule has 1 aliphatic carbocycles. The zero-order valence-electron chi connectivity index (χ0n) is 21.1. The van der Waals surface area contributed by atoms with Crippen LogP contribution in [0.4, 0.5) is 0 Å². The monoisotopic (exact) mass is 448 g/mol. The van der Waals surface area contributed by atoms with E-state index in [0.717, 1.165) is 11.2 Å². The summed E-state index contributed by atoms with van der Waals surface area (Å²) in [6.45, 7) is 9.49. The van der Waals surface area contributed by atoms with Gasteiger partial charge in [0.05, 0.1) is 0 Å². The zero-order valence-corrected chi connectivity index (χ0v) is 22.2. The maximum atomic E-state index is 6.22. The average Bonchev–Trinajstić information content (AvgIpc) is 3.19. The minimum Gasteiger partial charge on any atom is -0.334 e. The van der Waals surface area contributed by atoms with E-state index in [1.165, 1.54) is 86.5 Å². The number of fused-ring (bicyclic) bond motifs is 3. The first kappa shape index (κ1) is 25.5. The fraction of sp³-hybridized carbons (Fsp3) is 0.586. The van der Waals surface area contributed by atoms with E-state index in [9.17, 15) is 0 Å². The number of rotatable bonds is 14. The van der Waals surface area contributed by atoms with Crippen LogP contribution in [0.2, 0.25) is 4.78 Å². The summed E-state index contributed by atoms with van der Waals surface area (Å²) >= 11 is -1.43. The lowest BCUT2D eigenvalue weighted by Gasteiger charge is -2.23. The van der Waals surface area contributed by atoms with E-state index < -0.39 is 14.4 Å². The van der Waals surface area contributed by atoms with Crippen LogP contribution in [0, 0.1) is 5.41 Å². The molecule has 0 saturated carbocycles. The molecule has 0 saturated heterocycles. The van der Waals surface area contributed by atoms with Gasteiger partial charge in [0.2, 0.25) is 0 Å². The second-order valence-electron chi connectivity index (χ2n) is 10.7. The molecule has 3 rings (SSSR count). The van der Waals surface area contributed by atoms with Crippen LogP contribution in [0.1, 0.15) is 103 Å². The van der Waals surface area contributed by atoms with Gasteiger partial charge in [0.15, 0.2) is 0 Å². The largest absolute Gasteiger partial charge is 0.428 e.